The summed E-state index contributed by atoms with van der Waals surface area (Å²) in [6.45, 7) is -0.968. The SMILES string of the molecule is O=C(Nc1cc(S(=O)(=O)O)cc2cc(S(=O)(=O)O)c(N=Nc3ccc4cc(S(=O)(=O)CCOS(=O)(=O)O)ccc4c3S(=O)(=O)O)c(O)c12)c1ccccc1.[Na].[Na].[Na].[Na]. The Hall–Kier alpha value is -0.960. The first kappa shape index (κ1) is 55.1. The van der Waals surface area contributed by atoms with Crippen LogP contribution in [-0.2, 0) is 54.8 Å². The molecule has 290 valence electrons. The van der Waals surface area contributed by atoms with Crippen molar-refractivity contribution in [1.82, 2.24) is 0 Å². The molecule has 5 rings (SSSR count). The number of aromatic hydroxyl groups is 1. The Bertz CT molecular complexity index is 2990. The number of phenols is 1. The summed E-state index contributed by atoms with van der Waals surface area (Å²) in [5.41, 5.74) is -2.26. The number of hydrogen-bond acceptors (Lipinski definition) is 15. The van der Waals surface area contributed by atoms with Gasteiger partial charge in [-0.15, -0.1) is 10.2 Å². The van der Waals surface area contributed by atoms with Crippen molar-refractivity contribution in [2.24, 2.45) is 10.2 Å². The van der Waals surface area contributed by atoms with E-state index >= 15 is 0 Å². The topological polar surface area (TPSA) is 335 Å². The fraction of sp³-hybridized carbons (Fsp3) is 0.0690. The summed E-state index contributed by atoms with van der Waals surface area (Å²) in [5.74, 6) is -2.95. The van der Waals surface area contributed by atoms with Crippen molar-refractivity contribution in [3.05, 3.63) is 84.4 Å². The third kappa shape index (κ3) is 13.3. The van der Waals surface area contributed by atoms with E-state index in [1.54, 1.807) is 6.07 Å². The molecule has 0 aliphatic heterocycles. The molecule has 0 saturated heterocycles. The predicted molar refractivity (Wildman–Crippen MR) is 210 cm³/mol. The van der Waals surface area contributed by atoms with Crippen LogP contribution in [0.4, 0.5) is 17.1 Å². The number of nitrogens with one attached hydrogen (secondary N) is 1. The zero-order valence-electron chi connectivity index (χ0n) is 30.5. The Morgan fingerprint density at radius 2 is 1.26 bits per heavy atom. The summed E-state index contributed by atoms with van der Waals surface area (Å²) in [4.78, 5) is 9.47. The summed E-state index contributed by atoms with van der Waals surface area (Å²) in [6.07, 6.45) is 0. The van der Waals surface area contributed by atoms with Gasteiger partial charge >= 0.3 is 10.4 Å². The molecule has 58 heavy (non-hydrogen) atoms. The van der Waals surface area contributed by atoms with Crippen LogP contribution in [0.15, 0.2) is 109 Å². The van der Waals surface area contributed by atoms with Crippen molar-refractivity contribution in [3.8, 4) is 5.75 Å². The van der Waals surface area contributed by atoms with Gasteiger partial charge in [0.1, 0.15) is 21.2 Å². The molecule has 0 aliphatic carbocycles. The third-order valence-corrected chi connectivity index (χ3v) is 12.1. The molecule has 6 N–H and O–H groups in total. The van der Waals surface area contributed by atoms with Crippen molar-refractivity contribution in [3.63, 3.8) is 0 Å². The second-order valence-corrected chi connectivity index (χ2v) is 18.3. The van der Waals surface area contributed by atoms with Crippen LogP contribution >= 0.6 is 0 Å². The van der Waals surface area contributed by atoms with Gasteiger partial charge in [-0.05, 0) is 59.3 Å². The minimum absolute atomic E-state index is 0. The van der Waals surface area contributed by atoms with Crippen molar-refractivity contribution in [2.45, 2.75) is 19.6 Å². The molecule has 0 aliphatic rings. The number of azo groups is 1. The molecular formula is C29H23N3Na4O17S5. The van der Waals surface area contributed by atoms with Gasteiger partial charge in [0, 0.05) is 135 Å². The van der Waals surface area contributed by atoms with E-state index < -0.39 is 122 Å². The summed E-state index contributed by atoms with van der Waals surface area (Å²) < 4.78 is 164. The van der Waals surface area contributed by atoms with Crippen molar-refractivity contribution in [2.75, 3.05) is 17.7 Å². The zero-order chi connectivity index (χ0) is 40.0. The second kappa shape index (κ2) is 20.9. The minimum Gasteiger partial charge on any atom is -0.505 e. The Labute approximate surface area is 419 Å². The number of fused-ring (bicyclic) bond motifs is 2. The number of hydrogen-bond donors (Lipinski definition) is 6. The van der Waals surface area contributed by atoms with Gasteiger partial charge in [0.25, 0.3) is 36.3 Å². The van der Waals surface area contributed by atoms with E-state index in [9.17, 15) is 65.6 Å². The maximum atomic E-state index is 13.0. The van der Waals surface area contributed by atoms with Gasteiger partial charge < -0.3 is 10.4 Å². The van der Waals surface area contributed by atoms with Crippen LogP contribution in [0.1, 0.15) is 10.4 Å². The maximum Gasteiger partial charge on any atom is 0.397 e. The van der Waals surface area contributed by atoms with Crippen LogP contribution in [0.25, 0.3) is 21.5 Å². The number of anilines is 1. The van der Waals surface area contributed by atoms with E-state index in [2.05, 4.69) is 19.7 Å². The van der Waals surface area contributed by atoms with Gasteiger partial charge in [0.2, 0.25) is 0 Å². The fourth-order valence-corrected chi connectivity index (χ4v) is 8.62. The average molecular weight is 938 g/mol. The molecule has 29 heteroatoms. The summed E-state index contributed by atoms with van der Waals surface area (Å²) in [5, 5.41) is 19.6. The Morgan fingerprint density at radius 3 is 1.81 bits per heavy atom. The predicted octanol–water partition coefficient (Wildman–Crippen LogP) is 2.18. The number of carbonyl (C=O) groups excluding carboxylic acids is 1. The Kier molecular flexibility index (Phi) is 19.9. The number of amides is 1. The Morgan fingerprint density at radius 1 is 0.655 bits per heavy atom. The van der Waals surface area contributed by atoms with Gasteiger partial charge in [0.15, 0.2) is 15.6 Å². The van der Waals surface area contributed by atoms with Crippen LogP contribution in [0.3, 0.4) is 0 Å². The molecule has 0 fully saturated rings. The number of benzene rings is 5. The molecule has 4 radical (unpaired) electrons. The van der Waals surface area contributed by atoms with Crippen LogP contribution < -0.4 is 5.32 Å². The molecule has 20 nitrogen and oxygen atoms in total. The van der Waals surface area contributed by atoms with Crippen LogP contribution in [0, 0.1) is 0 Å². The summed E-state index contributed by atoms with van der Waals surface area (Å²) >= 11 is 0. The summed E-state index contributed by atoms with van der Waals surface area (Å²) in [7, 11) is -24.9. The van der Waals surface area contributed by atoms with Gasteiger partial charge in [-0.3, -0.25) is 23.0 Å². The second-order valence-electron chi connectivity index (χ2n) is 11.0. The first-order valence-electron chi connectivity index (χ1n) is 14.3. The molecule has 0 saturated carbocycles. The number of carbonyl (C=O) groups is 1. The normalized spacial score (nSPS) is 12.2. The smallest absolute Gasteiger partial charge is 0.397 e. The molecule has 0 atom stereocenters. The molecule has 5 aromatic rings. The molecule has 1 amide bonds. The van der Waals surface area contributed by atoms with Gasteiger partial charge in [-0.2, -0.15) is 33.7 Å². The van der Waals surface area contributed by atoms with E-state index in [1.807, 2.05) is 0 Å². The summed E-state index contributed by atoms with van der Waals surface area (Å²) in [6, 6.07) is 14.1. The minimum atomic E-state index is -5.38. The van der Waals surface area contributed by atoms with E-state index in [1.165, 1.54) is 24.3 Å². The first-order valence-corrected chi connectivity index (χ1v) is 21.7. The van der Waals surface area contributed by atoms with Gasteiger partial charge in [-0.25, -0.2) is 12.6 Å². The standard InChI is InChI=1S/C29H23N3O17S5.4Na/c33-27-25-18(13-20(51(37,38)39)15-23(25)30-29(34)16-4-2-1-3-5-16)14-24(52(40,41)42)26(27)32-31-22-9-6-17-12-19(7-8-21(17)28(22)53(43,44)45)50(35,36)11-10-49-54(46,47)48;;;;/h1-9,12-15,33H,10-11H2,(H,30,34)(H,37,38,39)(H,40,41,42)(H,43,44,45)(H,46,47,48);;;;. The first-order chi connectivity index (χ1) is 24.9. The molecule has 0 unspecified atom stereocenters. The van der Waals surface area contributed by atoms with E-state index in [0.29, 0.717) is 12.1 Å². The number of phenolic OH excluding ortho intramolecular Hbond substituents is 1. The molecule has 0 heterocycles. The van der Waals surface area contributed by atoms with Crippen LogP contribution in [0.2, 0.25) is 0 Å². The number of sulfone groups is 1. The monoisotopic (exact) mass is 937 g/mol. The van der Waals surface area contributed by atoms with E-state index in [4.69, 9.17) is 4.55 Å². The largest absolute Gasteiger partial charge is 0.505 e. The molecule has 0 bridgehead atoms. The van der Waals surface area contributed by atoms with E-state index in [0.717, 1.165) is 36.4 Å². The van der Waals surface area contributed by atoms with Crippen molar-refractivity contribution >= 4 is 213 Å². The molecule has 5 aromatic carbocycles. The van der Waals surface area contributed by atoms with Crippen LogP contribution in [-0.4, -0.2) is 202 Å². The van der Waals surface area contributed by atoms with Gasteiger partial charge in [-0.1, -0.05) is 30.3 Å². The molecule has 0 aromatic heterocycles. The van der Waals surface area contributed by atoms with Crippen molar-refractivity contribution in [1.29, 1.82) is 0 Å². The average Bonchev–Trinajstić information content (AvgIpc) is 3.05. The quantitative estimate of drug-likeness (QED) is 0.0593. The zero-order valence-corrected chi connectivity index (χ0v) is 42.6. The van der Waals surface area contributed by atoms with Crippen LogP contribution in [0.5, 0.6) is 5.75 Å². The van der Waals surface area contributed by atoms with Gasteiger partial charge in [0.05, 0.1) is 27.8 Å². The fourth-order valence-electron chi connectivity index (χ4n) is 5.07. The van der Waals surface area contributed by atoms with E-state index in [-0.39, 0.29) is 135 Å². The number of rotatable bonds is 12. The Balaban J connectivity index is 0.00000420. The third-order valence-electron chi connectivity index (χ3n) is 7.36. The van der Waals surface area contributed by atoms with Crippen molar-refractivity contribution < 1.29 is 74.4 Å². The molecule has 0 spiro atoms. The maximum absolute atomic E-state index is 13.0. The number of nitrogens with zero attached hydrogens (tertiary/aromatic N) is 2. The molecular weight excluding hydrogens is 915 g/mol.